The van der Waals surface area contributed by atoms with Gasteiger partial charge in [-0.2, -0.15) is 5.26 Å². The number of hydrogen-bond donors (Lipinski definition) is 0. The molecule has 0 radical (unpaired) electrons. The van der Waals surface area contributed by atoms with Crippen molar-refractivity contribution in [2.45, 2.75) is 0 Å². The Hall–Kier alpha value is -8.46. The molecule has 0 saturated heterocycles. The number of pyridine rings is 2. The summed E-state index contributed by atoms with van der Waals surface area (Å²) < 4.78 is 2.04. The van der Waals surface area contributed by atoms with Gasteiger partial charge < -0.3 is 4.57 Å². The van der Waals surface area contributed by atoms with Gasteiger partial charge in [0.25, 0.3) is 11.8 Å². The molecule has 1 aliphatic rings. The van der Waals surface area contributed by atoms with Crippen molar-refractivity contribution in [3.63, 3.8) is 0 Å². The Bertz CT molecular complexity index is 3080. The number of imide groups is 1. The molecule has 9 aromatic rings. The van der Waals surface area contributed by atoms with Gasteiger partial charge in [0.15, 0.2) is 0 Å². The first-order valence-corrected chi connectivity index (χ1v) is 18.5. The third-order valence-electron chi connectivity index (χ3n) is 10.7. The minimum Gasteiger partial charge on any atom is -0.308 e. The number of carbonyl (C=O) groups is 2. The molecule has 8 heteroatoms. The van der Waals surface area contributed by atoms with Gasteiger partial charge in [0.05, 0.1) is 45.7 Å². The number of benzene rings is 6. The van der Waals surface area contributed by atoms with E-state index < -0.39 is 11.8 Å². The molecule has 0 unspecified atom stereocenters. The first-order valence-electron chi connectivity index (χ1n) is 18.5. The molecule has 0 saturated carbocycles. The predicted molar refractivity (Wildman–Crippen MR) is 227 cm³/mol. The van der Waals surface area contributed by atoms with Gasteiger partial charge in [-0.05, 0) is 64.2 Å². The van der Waals surface area contributed by atoms with Crippen molar-refractivity contribution in [2.75, 3.05) is 4.90 Å². The van der Waals surface area contributed by atoms with E-state index in [2.05, 4.69) is 20.9 Å². The molecule has 6 aromatic carbocycles. The number of nitriles is 1. The molecule has 0 fully saturated rings. The van der Waals surface area contributed by atoms with Gasteiger partial charge in [0, 0.05) is 52.3 Å². The molecule has 270 valence electrons. The zero-order chi connectivity index (χ0) is 39.3. The molecule has 0 spiro atoms. The Labute approximate surface area is 333 Å². The molecule has 3 aromatic heterocycles. The molecule has 0 bridgehead atoms. The molecule has 0 atom stereocenters. The third kappa shape index (κ3) is 5.44. The van der Waals surface area contributed by atoms with Gasteiger partial charge in [-0.25, -0.2) is 9.74 Å². The first kappa shape index (κ1) is 34.1. The summed E-state index contributed by atoms with van der Waals surface area (Å²) in [6, 6.07) is 48.8. The van der Waals surface area contributed by atoms with Crippen LogP contribution in [0.3, 0.4) is 0 Å². The summed E-state index contributed by atoms with van der Waals surface area (Å²) in [6.07, 6.45) is 6.51. The number of rotatable bonds is 6. The zero-order valence-electron chi connectivity index (χ0n) is 30.7. The average molecular weight is 745 g/mol. The molecule has 58 heavy (non-hydrogen) atoms. The summed E-state index contributed by atoms with van der Waals surface area (Å²) in [5.41, 5.74) is 10.6. The highest BCUT2D eigenvalue weighted by molar-refractivity contribution is 6.37. The number of para-hydroxylation sites is 1. The number of aromatic nitrogens is 3. The van der Waals surface area contributed by atoms with Crippen molar-refractivity contribution >= 4 is 45.0 Å². The van der Waals surface area contributed by atoms with Crippen LogP contribution in [0.5, 0.6) is 0 Å². The van der Waals surface area contributed by atoms with Crippen LogP contribution in [0.25, 0.3) is 76.8 Å². The van der Waals surface area contributed by atoms with Gasteiger partial charge in [-0.3, -0.25) is 19.6 Å². The Morgan fingerprint density at radius 2 is 1.10 bits per heavy atom. The zero-order valence-corrected chi connectivity index (χ0v) is 30.7. The van der Waals surface area contributed by atoms with E-state index >= 15 is 4.79 Å². The fourth-order valence-electron chi connectivity index (χ4n) is 8.09. The normalized spacial score (nSPS) is 12.1. The lowest BCUT2D eigenvalue weighted by Gasteiger charge is -2.23. The van der Waals surface area contributed by atoms with E-state index in [1.54, 1.807) is 30.6 Å². The van der Waals surface area contributed by atoms with Crippen molar-refractivity contribution in [3.8, 4) is 56.3 Å². The number of nitrogens with zero attached hydrogens (tertiary/aromatic N) is 6. The summed E-state index contributed by atoms with van der Waals surface area (Å²) in [5.74, 6) is -0.843. The molecule has 1 aliphatic heterocycles. The van der Waals surface area contributed by atoms with Crippen LogP contribution in [0.2, 0.25) is 0 Å². The van der Waals surface area contributed by atoms with E-state index in [0.717, 1.165) is 66.3 Å². The average Bonchev–Trinajstić information content (AvgIpc) is 3.75. The van der Waals surface area contributed by atoms with Gasteiger partial charge in [0.2, 0.25) is 5.69 Å². The molecule has 4 heterocycles. The second-order valence-corrected chi connectivity index (χ2v) is 14.0. The number of hydrogen-bond acceptors (Lipinski definition) is 5. The SMILES string of the molecule is [C-]#[N+]c1cncc(-c2ccc3c4ccc(-c5cncc(C#N)c5)cc4n(-c4cccc5c4C(=O)N(c4c(-c6ccccc6)cccc4-c4ccccc4)C5=O)c3c2)c1. The van der Waals surface area contributed by atoms with Crippen LogP contribution in [0.15, 0.2) is 170 Å². The van der Waals surface area contributed by atoms with Crippen LogP contribution in [0.1, 0.15) is 26.3 Å². The van der Waals surface area contributed by atoms with E-state index in [1.807, 2.05) is 132 Å². The third-order valence-corrected chi connectivity index (χ3v) is 10.7. The summed E-state index contributed by atoms with van der Waals surface area (Å²) >= 11 is 0. The first-order chi connectivity index (χ1) is 28.5. The van der Waals surface area contributed by atoms with Crippen molar-refractivity contribution in [2.24, 2.45) is 0 Å². The second kappa shape index (κ2) is 13.7. The molecule has 8 nitrogen and oxygen atoms in total. The fraction of sp³-hybridized carbons (Fsp3) is 0. The van der Waals surface area contributed by atoms with Crippen LogP contribution in [0.4, 0.5) is 11.4 Å². The van der Waals surface area contributed by atoms with Crippen molar-refractivity contribution in [3.05, 3.63) is 198 Å². The lowest BCUT2D eigenvalue weighted by molar-refractivity contribution is 0.0926. The summed E-state index contributed by atoms with van der Waals surface area (Å²) in [4.78, 5) is 43.7. The molecule has 0 aliphatic carbocycles. The van der Waals surface area contributed by atoms with Crippen molar-refractivity contribution in [1.29, 1.82) is 5.26 Å². The molecule has 2 amide bonds. The standard InChI is InChI=1S/C50H28N6O2/c1-52-38-23-37(29-54-30-38)35-19-21-42-41-20-18-34(36-22-31(26-51)27-53-28-36)24-45(41)55(46(42)25-35)44-17-9-16-43-47(44)50(58)56(49(43)57)48-39(32-10-4-2-5-11-32)14-8-15-40(48)33-12-6-3-7-13-33/h2-25,27-30H. The van der Waals surface area contributed by atoms with E-state index in [-0.39, 0.29) is 5.56 Å². The topological polar surface area (TPSA) is 96.2 Å². The maximum Gasteiger partial charge on any atom is 0.268 e. The van der Waals surface area contributed by atoms with Gasteiger partial charge >= 0.3 is 0 Å². The number of fused-ring (bicyclic) bond motifs is 4. The van der Waals surface area contributed by atoms with E-state index in [4.69, 9.17) is 6.57 Å². The molecular formula is C50H28N6O2. The van der Waals surface area contributed by atoms with E-state index in [0.29, 0.717) is 28.2 Å². The number of amides is 2. The number of carbonyl (C=O) groups excluding carboxylic acids is 2. The lowest BCUT2D eigenvalue weighted by Crippen LogP contribution is -2.30. The molecule has 0 N–H and O–H groups in total. The van der Waals surface area contributed by atoms with Crippen LogP contribution in [-0.2, 0) is 0 Å². The Morgan fingerprint density at radius 3 is 1.71 bits per heavy atom. The summed E-state index contributed by atoms with van der Waals surface area (Å²) in [7, 11) is 0. The maximum atomic E-state index is 15.3. The Kier molecular flexibility index (Phi) is 8.04. The van der Waals surface area contributed by atoms with E-state index in [1.165, 1.54) is 17.3 Å². The monoisotopic (exact) mass is 744 g/mol. The quantitative estimate of drug-likeness (QED) is 0.125. The van der Waals surface area contributed by atoms with Gasteiger partial charge in [-0.15, -0.1) is 0 Å². The highest BCUT2D eigenvalue weighted by Gasteiger charge is 2.41. The second-order valence-electron chi connectivity index (χ2n) is 14.0. The summed E-state index contributed by atoms with van der Waals surface area (Å²) in [6.45, 7) is 7.57. The minimum atomic E-state index is -0.432. The highest BCUT2D eigenvalue weighted by Crippen LogP contribution is 2.45. The van der Waals surface area contributed by atoms with Gasteiger partial charge in [-0.1, -0.05) is 109 Å². The molecule has 10 rings (SSSR count). The summed E-state index contributed by atoms with van der Waals surface area (Å²) in [5, 5.41) is 11.5. The van der Waals surface area contributed by atoms with Crippen molar-refractivity contribution in [1.82, 2.24) is 14.5 Å². The van der Waals surface area contributed by atoms with Crippen LogP contribution in [-0.4, -0.2) is 26.3 Å². The smallest absolute Gasteiger partial charge is 0.268 e. The van der Waals surface area contributed by atoms with Crippen LogP contribution < -0.4 is 4.90 Å². The predicted octanol–water partition coefficient (Wildman–Crippen LogP) is 11.5. The van der Waals surface area contributed by atoms with Gasteiger partial charge in [0.1, 0.15) is 6.07 Å². The lowest BCUT2D eigenvalue weighted by atomic mass is 9.95. The van der Waals surface area contributed by atoms with Crippen LogP contribution >= 0.6 is 0 Å². The molecular weight excluding hydrogens is 717 g/mol. The maximum absolute atomic E-state index is 15.3. The van der Waals surface area contributed by atoms with Crippen LogP contribution in [0, 0.1) is 17.9 Å². The Balaban J connectivity index is 1.23. The minimum absolute atomic E-state index is 0.286. The van der Waals surface area contributed by atoms with Crippen molar-refractivity contribution < 1.29 is 9.59 Å². The largest absolute Gasteiger partial charge is 0.308 e. The number of anilines is 1. The van der Waals surface area contributed by atoms with E-state index in [9.17, 15) is 10.1 Å². The Morgan fingerprint density at radius 1 is 0.534 bits per heavy atom. The fourth-order valence-corrected chi connectivity index (χ4v) is 8.09. The highest BCUT2D eigenvalue weighted by atomic mass is 16.2.